The molecule has 1 fully saturated rings. The quantitative estimate of drug-likeness (QED) is 0.789. The monoisotopic (exact) mass is 215 g/mol. The van der Waals surface area contributed by atoms with Crippen molar-refractivity contribution in [2.45, 2.75) is 18.9 Å². The normalized spacial score (nSPS) is 20.9. The Bertz CT molecular complexity index is 513. The average molecular weight is 215 g/mol. The Morgan fingerprint density at radius 3 is 2.94 bits per heavy atom. The number of fused-ring (bicyclic) bond motifs is 1. The minimum absolute atomic E-state index is 0.111. The Morgan fingerprint density at radius 2 is 2.25 bits per heavy atom. The maximum Gasteiger partial charge on any atom is 0.223 e. The number of carbonyl (C=O) groups excluding carboxylic acids is 1. The summed E-state index contributed by atoms with van der Waals surface area (Å²) in [7, 11) is 1.84. The van der Waals surface area contributed by atoms with Crippen molar-refractivity contribution in [2.75, 3.05) is 7.05 Å². The summed E-state index contributed by atoms with van der Waals surface area (Å²) in [6.45, 7) is 0. The zero-order chi connectivity index (χ0) is 11.1. The molecular formula is C12H13N3O. The lowest BCUT2D eigenvalue weighted by Crippen LogP contribution is -2.23. The van der Waals surface area contributed by atoms with Gasteiger partial charge in [0.25, 0.3) is 0 Å². The van der Waals surface area contributed by atoms with Gasteiger partial charge in [0, 0.05) is 13.5 Å². The van der Waals surface area contributed by atoms with E-state index in [0.717, 1.165) is 23.3 Å². The molecule has 1 atom stereocenters. The van der Waals surface area contributed by atoms with Crippen LogP contribution in [-0.2, 0) is 4.79 Å². The van der Waals surface area contributed by atoms with Crippen molar-refractivity contribution in [1.82, 2.24) is 14.9 Å². The standard InChI is InChI=1S/C12H13N3O/c1-15-10(6-7-11(15)16)12-13-8-4-2-3-5-9(8)14-12/h2-5,10H,6-7H2,1H3,(H,13,14)/t10-/m0/s1. The molecule has 0 aliphatic carbocycles. The van der Waals surface area contributed by atoms with Crippen LogP contribution in [0.25, 0.3) is 11.0 Å². The smallest absolute Gasteiger partial charge is 0.223 e. The summed E-state index contributed by atoms with van der Waals surface area (Å²) in [6, 6.07) is 8.04. The second kappa shape index (κ2) is 3.33. The molecule has 1 aromatic heterocycles. The lowest BCUT2D eigenvalue weighted by atomic mass is 10.2. The number of hydrogen-bond donors (Lipinski definition) is 1. The molecule has 0 radical (unpaired) electrons. The summed E-state index contributed by atoms with van der Waals surface area (Å²) >= 11 is 0. The third-order valence-electron chi connectivity index (χ3n) is 3.22. The third-order valence-corrected chi connectivity index (χ3v) is 3.22. The predicted octanol–water partition coefficient (Wildman–Crippen LogP) is 1.86. The number of aromatic amines is 1. The number of aromatic nitrogens is 2. The van der Waals surface area contributed by atoms with Crippen LogP contribution in [0, 0.1) is 0 Å². The molecule has 1 saturated heterocycles. The maximum absolute atomic E-state index is 11.5. The first-order valence-electron chi connectivity index (χ1n) is 5.46. The van der Waals surface area contributed by atoms with Crippen LogP contribution in [-0.4, -0.2) is 27.8 Å². The van der Waals surface area contributed by atoms with Gasteiger partial charge < -0.3 is 9.88 Å². The van der Waals surface area contributed by atoms with Gasteiger partial charge in [-0.05, 0) is 18.6 Å². The van der Waals surface area contributed by atoms with Crippen molar-refractivity contribution in [3.8, 4) is 0 Å². The number of amides is 1. The van der Waals surface area contributed by atoms with Crippen LogP contribution in [0.2, 0.25) is 0 Å². The van der Waals surface area contributed by atoms with Crippen molar-refractivity contribution in [3.63, 3.8) is 0 Å². The second-order valence-electron chi connectivity index (χ2n) is 4.20. The molecular weight excluding hydrogens is 202 g/mol. The molecule has 0 unspecified atom stereocenters. The molecule has 4 heteroatoms. The van der Waals surface area contributed by atoms with Crippen LogP contribution in [0.15, 0.2) is 24.3 Å². The van der Waals surface area contributed by atoms with Gasteiger partial charge in [0.1, 0.15) is 5.82 Å². The topological polar surface area (TPSA) is 49.0 Å². The molecule has 2 aromatic rings. The highest BCUT2D eigenvalue weighted by Crippen LogP contribution is 2.30. The highest BCUT2D eigenvalue weighted by molar-refractivity contribution is 5.79. The van der Waals surface area contributed by atoms with Gasteiger partial charge in [0.05, 0.1) is 17.1 Å². The van der Waals surface area contributed by atoms with Crippen LogP contribution in [0.5, 0.6) is 0 Å². The first-order valence-corrected chi connectivity index (χ1v) is 5.46. The van der Waals surface area contributed by atoms with Crippen molar-refractivity contribution < 1.29 is 4.79 Å². The van der Waals surface area contributed by atoms with Crippen LogP contribution in [0.3, 0.4) is 0 Å². The summed E-state index contributed by atoms with van der Waals surface area (Å²) in [6.07, 6.45) is 1.48. The molecule has 16 heavy (non-hydrogen) atoms. The molecule has 0 saturated carbocycles. The molecule has 82 valence electrons. The van der Waals surface area contributed by atoms with Gasteiger partial charge in [-0.2, -0.15) is 0 Å². The first-order chi connectivity index (χ1) is 7.75. The summed E-state index contributed by atoms with van der Waals surface area (Å²) in [5.41, 5.74) is 2.00. The molecule has 2 heterocycles. The molecule has 0 bridgehead atoms. The van der Waals surface area contributed by atoms with Gasteiger partial charge in [0.15, 0.2) is 0 Å². The van der Waals surface area contributed by atoms with Crippen LogP contribution in [0.4, 0.5) is 0 Å². The van der Waals surface area contributed by atoms with Crippen LogP contribution < -0.4 is 0 Å². The minimum Gasteiger partial charge on any atom is -0.340 e. The second-order valence-corrected chi connectivity index (χ2v) is 4.20. The van der Waals surface area contributed by atoms with E-state index in [-0.39, 0.29) is 11.9 Å². The van der Waals surface area contributed by atoms with E-state index in [2.05, 4.69) is 9.97 Å². The van der Waals surface area contributed by atoms with Crippen molar-refractivity contribution in [3.05, 3.63) is 30.1 Å². The SMILES string of the molecule is CN1C(=O)CC[C@H]1c1nc2ccccc2[nH]1. The zero-order valence-electron chi connectivity index (χ0n) is 9.10. The molecule has 1 aliphatic rings. The largest absolute Gasteiger partial charge is 0.340 e. The molecule has 1 N–H and O–H groups in total. The van der Waals surface area contributed by atoms with Gasteiger partial charge in [-0.15, -0.1) is 0 Å². The number of likely N-dealkylation sites (tertiary alicyclic amines) is 1. The predicted molar refractivity (Wildman–Crippen MR) is 60.8 cm³/mol. The van der Waals surface area contributed by atoms with E-state index in [9.17, 15) is 4.79 Å². The summed E-state index contributed by atoms with van der Waals surface area (Å²) in [5.74, 6) is 1.10. The molecule has 4 nitrogen and oxygen atoms in total. The van der Waals surface area contributed by atoms with E-state index in [1.807, 2.05) is 31.3 Å². The summed E-state index contributed by atoms with van der Waals surface area (Å²) in [4.78, 5) is 21.0. The van der Waals surface area contributed by atoms with Gasteiger partial charge >= 0.3 is 0 Å². The number of rotatable bonds is 1. The van der Waals surface area contributed by atoms with Crippen molar-refractivity contribution in [2.24, 2.45) is 0 Å². The third kappa shape index (κ3) is 1.30. The van der Waals surface area contributed by atoms with Crippen LogP contribution >= 0.6 is 0 Å². The molecule has 1 amide bonds. The number of para-hydroxylation sites is 2. The fourth-order valence-electron chi connectivity index (χ4n) is 2.25. The van der Waals surface area contributed by atoms with Gasteiger partial charge in [0.2, 0.25) is 5.91 Å². The van der Waals surface area contributed by atoms with E-state index in [1.54, 1.807) is 4.90 Å². The highest BCUT2D eigenvalue weighted by Gasteiger charge is 2.30. The molecule has 0 spiro atoms. The van der Waals surface area contributed by atoms with Gasteiger partial charge in [-0.3, -0.25) is 4.79 Å². The lowest BCUT2D eigenvalue weighted by molar-refractivity contribution is -0.127. The summed E-state index contributed by atoms with van der Waals surface area (Å²) < 4.78 is 0. The average Bonchev–Trinajstić information content (AvgIpc) is 2.84. The van der Waals surface area contributed by atoms with Crippen molar-refractivity contribution in [1.29, 1.82) is 0 Å². The van der Waals surface area contributed by atoms with E-state index >= 15 is 0 Å². The first kappa shape index (κ1) is 9.39. The minimum atomic E-state index is 0.111. The molecule has 1 aromatic carbocycles. The Hall–Kier alpha value is -1.84. The van der Waals surface area contributed by atoms with E-state index in [1.165, 1.54) is 0 Å². The number of carbonyl (C=O) groups is 1. The van der Waals surface area contributed by atoms with Crippen molar-refractivity contribution >= 4 is 16.9 Å². The summed E-state index contributed by atoms with van der Waals surface area (Å²) in [5, 5.41) is 0. The molecule has 1 aliphatic heterocycles. The Labute approximate surface area is 93.3 Å². The van der Waals surface area contributed by atoms with Gasteiger partial charge in [-0.1, -0.05) is 12.1 Å². The zero-order valence-corrected chi connectivity index (χ0v) is 9.10. The van der Waals surface area contributed by atoms with Crippen LogP contribution in [0.1, 0.15) is 24.7 Å². The van der Waals surface area contributed by atoms with Gasteiger partial charge in [-0.25, -0.2) is 4.98 Å². The fraction of sp³-hybridized carbons (Fsp3) is 0.333. The number of nitrogens with one attached hydrogen (secondary N) is 1. The number of H-pyrrole nitrogens is 1. The lowest BCUT2D eigenvalue weighted by Gasteiger charge is -2.16. The number of hydrogen-bond acceptors (Lipinski definition) is 2. The van der Waals surface area contributed by atoms with E-state index < -0.39 is 0 Å². The fourth-order valence-corrected chi connectivity index (χ4v) is 2.25. The number of benzene rings is 1. The number of nitrogens with zero attached hydrogens (tertiary/aromatic N) is 2. The Morgan fingerprint density at radius 1 is 1.44 bits per heavy atom. The van der Waals surface area contributed by atoms with E-state index in [4.69, 9.17) is 0 Å². The maximum atomic E-state index is 11.5. The Kier molecular flexibility index (Phi) is 1.96. The number of imidazole rings is 1. The molecule has 3 rings (SSSR count). The van der Waals surface area contributed by atoms with E-state index in [0.29, 0.717) is 6.42 Å². The Balaban J connectivity index is 2.03. The highest BCUT2D eigenvalue weighted by atomic mass is 16.2.